The van der Waals surface area contributed by atoms with Crippen LogP contribution in [0.1, 0.15) is 18.5 Å². The minimum absolute atomic E-state index is 0.177. The second-order valence-corrected chi connectivity index (χ2v) is 6.62. The highest BCUT2D eigenvalue weighted by Crippen LogP contribution is 2.21. The fourth-order valence-electron chi connectivity index (χ4n) is 2.14. The van der Waals surface area contributed by atoms with Gasteiger partial charge in [-0.2, -0.15) is 5.10 Å². The SMILES string of the molecule is COc1ccc(CC2CCCS(=O)(=O)C2)nn1. The molecule has 0 aliphatic carbocycles. The third-order valence-corrected chi connectivity index (χ3v) is 4.85. The van der Waals surface area contributed by atoms with Gasteiger partial charge in [0.15, 0.2) is 9.84 Å². The van der Waals surface area contributed by atoms with E-state index in [0.29, 0.717) is 18.1 Å². The van der Waals surface area contributed by atoms with E-state index in [1.54, 1.807) is 6.07 Å². The first-order valence-corrected chi connectivity index (χ1v) is 7.48. The van der Waals surface area contributed by atoms with Crippen molar-refractivity contribution in [3.63, 3.8) is 0 Å². The lowest BCUT2D eigenvalue weighted by Gasteiger charge is -2.21. The summed E-state index contributed by atoms with van der Waals surface area (Å²) < 4.78 is 27.9. The molecular weight excluding hydrogens is 240 g/mol. The van der Waals surface area contributed by atoms with Crippen molar-refractivity contribution >= 4 is 9.84 Å². The summed E-state index contributed by atoms with van der Waals surface area (Å²) in [6, 6.07) is 3.59. The van der Waals surface area contributed by atoms with Gasteiger partial charge in [-0.15, -0.1) is 5.10 Å². The zero-order valence-corrected chi connectivity index (χ0v) is 10.6. The van der Waals surface area contributed by atoms with E-state index in [1.165, 1.54) is 7.11 Å². The zero-order chi connectivity index (χ0) is 12.3. The molecule has 0 aromatic carbocycles. The second kappa shape index (κ2) is 5.00. The van der Waals surface area contributed by atoms with E-state index in [-0.39, 0.29) is 11.7 Å². The molecule has 1 fully saturated rings. The third-order valence-electron chi connectivity index (χ3n) is 2.96. The molecule has 0 radical (unpaired) electrons. The highest BCUT2D eigenvalue weighted by molar-refractivity contribution is 7.91. The van der Waals surface area contributed by atoms with Crippen LogP contribution < -0.4 is 4.74 Å². The average molecular weight is 256 g/mol. The summed E-state index contributed by atoms with van der Waals surface area (Å²) >= 11 is 0. The molecule has 0 bridgehead atoms. The summed E-state index contributed by atoms with van der Waals surface area (Å²) in [7, 11) is -1.30. The van der Waals surface area contributed by atoms with Gasteiger partial charge in [0.2, 0.25) is 5.88 Å². The molecule has 1 aliphatic rings. The molecule has 1 aromatic rings. The van der Waals surface area contributed by atoms with Crippen LogP contribution in [-0.2, 0) is 16.3 Å². The first-order chi connectivity index (χ1) is 8.09. The molecule has 17 heavy (non-hydrogen) atoms. The number of sulfone groups is 1. The number of aromatic nitrogens is 2. The minimum Gasteiger partial charge on any atom is -0.480 e. The Morgan fingerprint density at radius 3 is 2.82 bits per heavy atom. The van der Waals surface area contributed by atoms with Gasteiger partial charge in [0, 0.05) is 6.07 Å². The van der Waals surface area contributed by atoms with E-state index in [1.807, 2.05) is 6.07 Å². The van der Waals surface area contributed by atoms with Crippen LogP contribution in [-0.4, -0.2) is 37.2 Å². The molecule has 2 heterocycles. The van der Waals surface area contributed by atoms with Crippen molar-refractivity contribution in [2.24, 2.45) is 5.92 Å². The van der Waals surface area contributed by atoms with Crippen molar-refractivity contribution in [2.75, 3.05) is 18.6 Å². The van der Waals surface area contributed by atoms with Crippen LogP contribution in [0.3, 0.4) is 0 Å². The minimum atomic E-state index is -2.84. The molecule has 1 aliphatic heterocycles. The quantitative estimate of drug-likeness (QED) is 0.802. The number of hydrogen-bond donors (Lipinski definition) is 0. The molecule has 0 amide bonds. The Balaban J connectivity index is 2.00. The predicted molar refractivity (Wildman–Crippen MR) is 63.7 cm³/mol. The molecule has 94 valence electrons. The molecule has 5 nitrogen and oxygen atoms in total. The summed E-state index contributed by atoms with van der Waals surface area (Å²) in [5, 5.41) is 7.90. The lowest BCUT2D eigenvalue weighted by molar-refractivity contribution is 0.389. The van der Waals surface area contributed by atoms with Gasteiger partial charge in [-0.3, -0.25) is 0 Å². The topological polar surface area (TPSA) is 69.2 Å². The maximum absolute atomic E-state index is 11.5. The average Bonchev–Trinajstić information content (AvgIpc) is 2.29. The van der Waals surface area contributed by atoms with Gasteiger partial charge in [0.25, 0.3) is 0 Å². The lowest BCUT2D eigenvalue weighted by Crippen LogP contribution is -2.26. The number of rotatable bonds is 3. The van der Waals surface area contributed by atoms with Crippen LogP contribution in [0.15, 0.2) is 12.1 Å². The fourth-order valence-corrected chi connectivity index (χ4v) is 3.92. The number of ether oxygens (including phenoxy) is 1. The standard InChI is InChI=1S/C11H16N2O3S/c1-16-11-5-4-10(12-13-11)7-9-3-2-6-17(14,15)8-9/h4-5,9H,2-3,6-8H2,1H3. The molecule has 1 aromatic heterocycles. The van der Waals surface area contributed by atoms with Gasteiger partial charge in [-0.25, -0.2) is 8.42 Å². The predicted octanol–water partition coefficient (Wildman–Crippen LogP) is 0.852. The van der Waals surface area contributed by atoms with E-state index >= 15 is 0 Å². The Bertz CT molecular complexity index is 470. The maximum atomic E-state index is 11.5. The number of methoxy groups -OCH3 is 1. The number of hydrogen-bond acceptors (Lipinski definition) is 5. The van der Waals surface area contributed by atoms with Crippen molar-refractivity contribution in [1.82, 2.24) is 10.2 Å². The van der Waals surface area contributed by atoms with Gasteiger partial charge in [-0.05, 0) is 31.2 Å². The van der Waals surface area contributed by atoms with Crippen molar-refractivity contribution in [3.8, 4) is 5.88 Å². The Hall–Kier alpha value is -1.17. The Morgan fingerprint density at radius 2 is 2.24 bits per heavy atom. The van der Waals surface area contributed by atoms with E-state index in [9.17, 15) is 8.42 Å². The van der Waals surface area contributed by atoms with Crippen LogP contribution in [0, 0.1) is 5.92 Å². The van der Waals surface area contributed by atoms with Gasteiger partial charge in [0.1, 0.15) is 0 Å². The summed E-state index contributed by atoms with van der Waals surface area (Å²) in [6.07, 6.45) is 2.39. The Kier molecular flexibility index (Phi) is 3.61. The Labute approximate surface area is 101 Å². The van der Waals surface area contributed by atoms with Crippen LogP contribution >= 0.6 is 0 Å². The van der Waals surface area contributed by atoms with Gasteiger partial charge < -0.3 is 4.74 Å². The number of nitrogens with zero attached hydrogens (tertiary/aromatic N) is 2. The Morgan fingerprint density at radius 1 is 1.41 bits per heavy atom. The molecule has 2 rings (SSSR count). The van der Waals surface area contributed by atoms with Crippen molar-refractivity contribution in [2.45, 2.75) is 19.3 Å². The molecule has 0 saturated carbocycles. The van der Waals surface area contributed by atoms with Crippen LogP contribution in [0.4, 0.5) is 0 Å². The van der Waals surface area contributed by atoms with Crippen LogP contribution in [0.2, 0.25) is 0 Å². The van der Waals surface area contributed by atoms with Crippen molar-refractivity contribution in [1.29, 1.82) is 0 Å². The summed E-state index contributed by atoms with van der Waals surface area (Å²) in [5.41, 5.74) is 0.827. The van der Waals surface area contributed by atoms with E-state index in [2.05, 4.69) is 10.2 Å². The first-order valence-electron chi connectivity index (χ1n) is 5.66. The monoisotopic (exact) mass is 256 g/mol. The highest BCUT2D eigenvalue weighted by Gasteiger charge is 2.25. The van der Waals surface area contributed by atoms with Crippen molar-refractivity contribution < 1.29 is 13.2 Å². The van der Waals surface area contributed by atoms with Gasteiger partial charge >= 0.3 is 0 Å². The molecular formula is C11H16N2O3S. The summed E-state index contributed by atoms with van der Waals surface area (Å²) in [6.45, 7) is 0. The molecule has 1 atom stereocenters. The van der Waals surface area contributed by atoms with Gasteiger partial charge in [-0.1, -0.05) is 0 Å². The first kappa shape index (κ1) is 12.3. The summed E-state index contributed by atoms with van der Waals surface area (Å²) in [5.74, 6) is 1.26. The molecule has 6 heteroatoms. The molecule has 0 spiro atoms. The molecule has 1 unspecified atom stereocenters. The molecule has 1 saturated heterocycles. The van der Waals surface area contributed by atoms with E-state index < -0.39 is 9.84 Å². The maximum Gasteiger partial charge on any atom is 0.233 e. The highest BCUT2D eigenvalue weighted by atomic mass is 32.2. The van der Waals surface area contributed by atoms with Crippen LogP contribution in [0.5, 0.6) is 5.88 Å². The smallest absolute Gasteiger partial charge is 0.233 e. The van der Waals surface area contributed by atoms with Crippen LogP contribution in [0.25, 0.3) is 0 Å². The normalized spacial score (nSPS) is 23.2. The van der Waals surface area contributed by atoms with E-state index in [0.717, 1.165) is 18.5 Å². The van der Waals surface area contributed by atoms with E-state index in [4.69, 9.17) is 4.74 Å². The van der Waals surface area contributed by atoms with Gasteiger partial charge in [0.05, 0.1) is 24.3 Å². The molecule has 0 N–H and O–H groups in total. The zero-order valence-electron chi connectivity index (χ0n) is 9.80. The lowest BCUT2D eigenvalue weighted by atomic mass is 9.99. The summed E-state index contributed by atoms with van der Waals surface area (Å²) in [4.78, 5) is 0. The van der Waals surface area contributed by atoms with Crippen molar-refractivity contribution in [3.05, 3.63) is 17.8 Å². The third kappa shape index (κ3) is 3.39. The fraction of sp³-hybridized carbons (Fsp3) is 0.636. The second-order valence-electron chi connectivity index (χ2n) is 4.39. The largest absolute Gasteiger partial charge is 0.480 e.